The molecule has 2 fully saturated rings. The maximum absolute atomic E-state index is 14.7. The molecule has 1 aromatic rings. The van der Waals surface area contributed by atoms with E-state index in [9.17, 15) is 18.3 Å². The van der Waals surface area contributed by atoms with Gasteiger partial charge < -0.3 is 10.1 Å². The van der Waals surface area contributed by atoms with Gasteiger partial charge in [0.1, 0.15) is 11.9 Å². The van der Waals surface area contributed by atoms with Crippen molar-refractivity contribution in [1.29, 1.82) is 0 Å². The van der Waals surface area contributed by atoms with Crippen LogP contribution in [-0.2, 0) is 4.74 Å². The number of nitrogens with zero attached hydrogens (tertiary/aromatic N) is 2. The lowest BCUT2D eigenvalue weighted by atomic mass is 9.95. The van der Waals surface area contributed by atoms with E-state index in [-0.39, 0.29) is 23.9 Å². The van der Waals surface area contributed by atoms with Crippen LogP contribution in [0.25, 0.3) is 0 Å². The first-order chi connectivity index (χ1) is 12.7. The Bertz CT molecular complexity index is 749. The van der Waals surface area contributed by atoms with E-state index < -0.39 is 28.8 Å². The lowest BCUT2D eigenvalue weighted by Crippen LogP contribution is -2.35. The highest BCUT2D eigenvalue weighted by Gasteiger charge is 2.35. The molecule has 10 heteroatoms. The molecule has 0 bridgehead atoms. The molecule has 7 nitrogen and oxygen atoms in total. The third-order valence-corrected chi connectivity index (χ3v) is 6.98. The Labute approximate surface area is 165 Å². The standard InChI is InChI=1S/C17H24FN3O4S2/c1-11(26)19-8-14-10-21(17(22)25-14)16-4-3-12(7-15(16)18)13-5-6-27(23,24)20(2)9-13/h3-4,7,13-14,23-24H,5-6,8-10H2,1-2H3,(H,19,26)/t13?,14-/m0/s1. The zero-order valence-electron chi connectivity index (χ0n) is 15.2. The monoisotopic (exact) mass is 417 g/mol. The maximum atomic E-state index is 14.7. The molecule has 2 aliphatic rings. The number of halogens is 1. The minimum absolute atomic E-state index is 0.00604. The molecule has 1 unspecified atom stereocenters. The van der Waals surface area contributed by atoms with E-state index in [4.69, 9.17) is 17.0 Å². The number of carbonyl (C=O) groups excluding carboxylic acids is 1. The summed E-state index contributed by atoms with van der Waals surface area (Å²) in [5, 5.41) is 2.95. The molecule has 27 heavy (non-hydrogen) atoms. The van der Waals surface area contributed by atoms with Crippen molar-refractivity contribution in [3.8, 4) is 0 Å². The van der Waals surface area contributed by atoms with E-state index in [1.807, 2.05) is 0 Å². The number of anilines is 1. The van der Waals surface area contributed by atoms with Crippen molar-refractivity contribution in [1.82, 2.24) is 9.62 Å². The number of thiocarbonyl (C=S) groups is 1. The molecule has 0 aliphatic carbocycles. The molecule has 0 aromatic heterocycles. The lowest BCUT2D eigenvalue weighted by Gasteiger charge is -2.46. The van der Waals surface area contributed by atoms with Crippen molar-refractivity contribution >= 4 is 39.8 Å². The molecule has 150 valence electrons. The molecular formula is C17H24FN3O4S2. The Hall–Kier alpha value is -1.46. The highest BCUT2D eigenvalue weighted by Crippen LogP contribution is 2.49. The van der Waals surface area contributed by atoms with E-state index in [2.05, 4.69) is 5.32 Å². The number of cyclic esters (lactones) is 1. The normalized spacial score (nSPS) is 26.6. The van der Waals surface area contributed by atoms with E-state index in [1.165, 1.54) is 15.3 Å². The Morgan fingerprint density at radius 1 is 1.44 bits per heavy atom. The fraction of sp³-hybridized carbons (Fsp3) is 0.529. The minimum atomic E-state index is -2.70. The topological polar surface area (TPSA) is 85.3 Å². The number of ether oxygens (including phenoxy) is 1. The predicted molar refractivity (Wildman–Crippen MR) is 108 cm³/mol. The van der Waals surface area contributed by atoms with Gasteiger partial charge in [-0.3, -0.25) is 14.0 Å². The molecule has 3 rings (SSSR count). The van der Waals surface area contributed by atoms with Gasteiger partial charge in [0, 0.05) is 13.6 Å². The Morgan fingerprint density at radius 2 is 2.19 bits per heavy atom. The quantitative estimate of drug-likeness (QED) is 0.649. The number of amides is 1. The zero-order valence-corrected chi connectivity index (χ0v) is 16.9. The summed E-state index contributed by atoms with van der Waals surface area (Å²) in [4.78, 5) is 14.0. The summed E-state index contributed by atoms with van der Waals surface area (Å²) in [6.45, 7) is 2.82. The van der Waals surface area contributed by atoms with Crippen LogP contribution in [0.4, 0.5) is 14.9 Å². The van der Waals surface area contributed by atoms with Crippen LogP contribution in [-0.4, -0.2) is 63.0 Å². The molecule has 2 aliphatic heterocycles. The van der Waals surface area contributed by atoms with Gasteiger partial charge in [0.05, 0.1) is 29.5 Å². The van der Waals surface area contributed by atoms with Crippen LogP contribution in [0.5, 0.6) is 0 Å². The summed E-state index contributed by atoms with van der Waals surface area (Å²) in [7, 11) is -1.05. The Kier molecular flexibility index (Phi) is 5.92. The second-order valence-corrected chi connectivity index (χ2v) is 9.81. The largest absolute Gasteiger partial charge is 0.442 e. The Balaban J connectivity index is 1.70. The first-order valence-corrected chi connectivity index (χ1v) is 10.7. The molecule has 1 amide bonds. The number of hydrogen-bond acceptors (Lipinski definition) is 6. The predicted octanol–water partition coefficient (Wildman–Crippen LogP) is 3.17. The second kappa shape index (κ2) is 7.88. The van der Waals surface area contributed by atoms with Gasteiger partial charge in [-0.25, -0.2) is 13.5 Å². The summed E-state index contributed by atoms with van der Waals surface area (Å²) in [6.07, 6.45) is -0.407. The smallest absolute Gasteiger partial charge is 0.414 e. The summed E-state index contributed by atoms with van der Waals surface area (Å²) in [5.41, 5.74) is 0.957. The van der Waals surface area contributed by atoms with Gasteiger partial charge >= 0.3 is 6.09 Å². The molecule has 2 saturated heterocycles. The van der Waals surface area contributed by atoms with Gasteiger partial charge in [0.2, 0.25) is 0 Å². The maximum Gasteiger partial charge on any atom is 0.414 e. The fourth-order valence-electron chi connectivity index (χ4n) is 3.33. The summed E-state index contributed by atoms with van der Waals surface area (Å²) < 4.78 is 41.3. The second-order valence-electron chi connectivity index (χ2n) is 6.90. The molecule has 2 atom stereocenters. The van der Waals surface area contributed by atoms with Gasteiger partial charge in [-0.15, -0.1) is 10.8 Å². The molecule has 1 aromatic carbocycles. The van der Waals surface area contributed by atoms with Gasteiger partial charge in [-0.2, -0.15) is 0 Å². The molecule has 0 spiro atoms. The van der Waals surface area contributed by atoms with Crippen molar-refractivity contribution in [2.75, 3.05) is 37.3 Å². The van der Waals surface area contributed by atoms with Crippen LogP contribution in [0, 0.1) is 5.82 Å². The van der Waals surface area contributed by atoms with Crippen LogP contribution < -0.4 is 10.2 Å². The minimum Gasteiger partial charge on any atom is -0.442 e. The zero-order chi connectivity index (χ0) is 19.8. The van der Waals surface area contributed by atoms with Crippen LogP contribution in [0.1, 0.15) is 24.8 Å². The van der Waals surface area contributed by atoms with Crippen LogP contribution in [0.15, 0.2) is 18.2 Å². The first-order valence-electron chi connectivity index (χ1n) is 8.66. The van der Waals surface area contributed by atoms with Crippen molar-refractivity contribution in [3.05, 3.63) is 29.6 Å². The van der Waals surface area contributed by atoms with E-state index in [1.54, 1.807) is 26.1 Å². The average Bonchev–Trinajstić information content (AvgIpc) is 2.96. The highest BCUT2D eigenvalue weighted by molar-refractivity contribution is 8.22. The number of rotatable bonds is 4. The molecular weight excluding hydrogens is 393 g/mol. The SMILES string of the molecule is CC(=S)NC[C@H]1CN(c2ccc(C3CCS(O)(O)N(C)C3)cc2F)C(=O)O1. The number of likely N-dealkylation sites (N-methyl/N-ethyl adjacent to an activating group) is 1. The summed E-state index contributed by atoms with van der Waals surface area (Å²) in [6, 6.07) is 4.79. The highest BCUT2D eigenvalue weighted by atomic mass is 32.3. The van der Waals surface area contributed by atoms with E-state index in [0.717, 1.165) is 5.56 Å². The summed E-state index contributed by atoms with van der Waals surface area (Å²) in [5.74, 6) is -0.223. The van der Waals surface area contributed by atoms with Gasteiger partial charge in [-0.05, 0) is 37.0 Å². The van der Waals surface area contributed by atoms with E-state index >= 15 is 0 Å². The summed E-state index contributed by atoms with van der Waals surface area (Å²) >= 11 is 4.94. The molecule has 2 heterocycles. The fourth-order valence-corrected chi connectivity index (χ4v) is 4.74. The van der Waals surface area contributed by atoms with Crippen molar-refractivity contribution < 1.29 is 23.0 Å². The molecule has 0 saturated carbocycles. The molecule has 0 radical (unpaired) electrons. The van der Waals surface area contributed by atoms with Crippen molar-refractivity contribution in [2.24, 2.45) is 0 Å². The number of carbonyl (C=O) groups is 1. The van der Waals surface area contributed by atoms with Crippen LogP contribution >= 0.6 is 23.0 Å². The average molecular weight is 418 g/mol. The van der Waals surface area contributed by atoms with Gasteiger partial charge in [-0.1, -0.05) is 18.3 Å². The number of nitrogens with one attached hydrogen (secondary N) is 1. The van der Waals surface area contributed by atoms with Crippen LogP contribution in [0.3, 0.4) is 0 Å². The lowest BCUT2D eigenvalue weighted by molar-refractivity contribution is 0.143. The van der Waals surface area contributed by atoms with Gasteiger partial charge in [0.25, 0.3) is 0 Å². The molecule has 3 N–H and O–H groups in total. The third-order valence-electron chi connectivity index (χ3n) is 4.90. The first kappa shape index (κ1) is 20.3. The van der Waals surface area contributed by atoms with Crippen molar-refractivity contribution in [2.45, 2.75) is 25.4 Å². The van der Waals surface area contributed by atoms with Crippen LogP contribution in [0.2, 0.25) is 0 Å². The Morgan fingerprint density at radius 3 is 2.81 bits per heavy atom. The third kappa shape index (κ3) is 4.52. The number of hydrogen-bond donors (Lipinski definition) is 3. The number of benzene rings is 1. The van der Waals surface area contributed by atoms with Crippen molar-refractivity contribution in [3.63, 3.8) is 0 Å². The van der Waals surface area contributed by atoms with E-state index in [0.29, 0.717) is 24.5 Å². The van der Waals surface area contributed by atoms with Gasteiger partial charge in [0.15, 0.2) is 0 Å².